The van der Waals surface area contributed by atoms with Crippen molar-refractivity contribution in [3.63, 3.8) is 0 Å². The Morgan fingerprint density at radius 3 is 3.00 bits per heavy atom. The summed E-state index contributed by atoms with van der Waals surface area (Å²) in [5, 5.41) is 11.7. The average molecular weight is 208 g/mol. The van der Waals surface area contributed by atoms with Gasteiger partial charge in [0.25, 0.3) is 0 Å². The first-order chi connectivity index (χ1) is 7.29. The Morgan fingerprint density at radius 2 is 2.33 bits per heavy atom. The summed E-state index contributed by atoms with van der Waals surface area (Å²) >= 11 is 0. The standard InChI is InChI=1S/C11H13FN2O/c1-15-7-3-6-14-11-5-2-4-10(12)9(11)8-13/h2,4-5,14H,3,6-7H2,1H3. The maximum Gasteiger partial charge on any atom is 0.143 e. The molecule has 1 aromatic carbocycles. The molecule has 80 valence electrons. The summed E-state index contributed by atoms with van der Waals surface area (Å²) in [4.78, 5) is 0. The van der Waals surface area contributed by atoms with E-state index in [-0.39, 0.29) is 5.56 Å². The van der Waals surface area contributed by atoms with Gasteiger partial charge in [0.2, 0.25) is 0 Å². The Labute approximate surface area is 88.5 Å². The number of benzene rings is 1. The van der Waals surface area contributed by atoms with E-state index in [1.165, 1.54) is 6.07 Å². The van der Waals surface area contributed by atoms with E-state index in [0.717, 1.165) is 6.42 Å². The Bertz CT molecular complexity index is 360. The molecule has 0 atom stereocenters. The van der Waals surface area contributed by atoms with Crippen molar-refractivity contribution < 1.29 is 9.13 Å². The van der Waals surface area contributed by atoms with Crippen LogP contribution in [-0.4, -0.2) is 20.3 Å². The number of halogens is 1. The number of nitriles is 1. The lowest BCUT2D eigenvalue weighted by atomic mass is 10.2. The van der Waals surface area contributed by atoms with Crippen molar-refractivity contribution >= 4 is 5.69 Å². The third-order valence-corrected chi connectivity index (χ3v) is 1.97. The van der Waals surface area contributed by atoms with Crippen LogP contribution in [0.5, 0.6) is 0 Å². The zero-order valence-corrected chi connectivity index (χ0v) is 8.59. The first-order valence-electron chi connectivity index (χ1n) is 4.71. The number of ether oxygens (including phenoxy) is 1. The summed E-state index contributed by atoms with van der Waals surface area (Å²) in [6.07, 6.45) is 0.817. The zero-order chi connectivity index (χ0) is 11.1. The lowest BCUT2D eigenvalue weighted by Crippen LogP contribution is -2.06. The molecule has 0 aliphatic heterocycles. The number of rotatable bonds is 5. The van der Waals surface area contributed by atoms with E-state index < -0.39 is 5.82 Å². The number of hydrogen-bond donors (Lipinski definition) is 1. The van der Waals surface area contributed by atoms with Crippen LogP contribution >= 0.6 is 0 Å². The van der Waals surface area contributed by atoms with Crippen LogP contribution in [0.1, 0.15) is 12.0 Å². The van der Waals surface area contributed by atoms with Crippen molar-refractivity contribution in [3.05, 3.63) is 29.6 Å². The van der Waals surface area contributed by atoms with Gasteiger partial charge in [0.1, 0.15) is 17.4 Å². The van der Waals surface area contributed by atoms with E-state index in [1.54, 1.807) is 19.2 Å². The van der Waals surface area contributed by atoms with Crippen LogP contribution in [0.15, 0.2) is 18.2 Å². The van der Waals surface area contributed by atoms with Crippen LogP contribution in [0, 0.1) is 17.1 Å². The molecule has 0 saturated heterocycles. The predicted molar refractivity (Wildman–Crippen MR) is 56.1 cm³/mol. The topological polar surface area (TPSA) is 45.0 Å². The summed E-state index contributed by atoms with van der Waals surface area (Å²) in [6.45, 7) is 1.30. The average Bonchev–Trinajstić information content (AvgIpc) is 2.24. The molecule has 0 heterocycles. The minimum Gasteiger partial charge on any atom is -0.385 e. The Kier molecular flexibility index (Phi) is 4.58. The molecule has 0 aliphatic rings. The molecule has 0 saturated carbocycles. The number of nitrogens with zero attached hydrogens (tertiary/aromatic N) is 1. The van der Waals surface area contributed by atoms with Gasteiger partial charge in [0.05, 0.1) is 5.69 Å². The summed E-state index contributed by atoms with van der Waals surface area (Å²) in [6, 6.07) is 6.38. The first kappa shape index (κ1) is 11.5. The minimum absolute atomic E-state index is 0.0647. The first-order valence-corrected chi connectivity index (χ1v) is 4.71. The highest BCUT2D eigenvalue weighted by Gasteiger charge is 2.06. The van der Waals surface area contributed by atoms with Crippen molar-refractivity contribution in [2.75, 3.05) is 25.6 Å². The maximum atomic E-state index is 13.1. The fraction of sp³-hybridized carbons (Fsp3) is 0.364. The molecule has 0 radical (unpaired) electrons. The molecule has 0 fully saturated rings. The monoisotopic (exact) mass is 208 g/mol. The summed E-state index contributed by atoms with van der Waals surface area (Å²) in [5.41, 5.74) is 0.600. The number of nitrogens with one attached hydrogen (secondary N) is 1. The Balaban J connectivity index is 2.61. The second kappa shape index (κ2) is 5.99. The maximum absolute atomic E-state index is 13.1. The van der Waals surface area contributed by atoms with Crippen LogP contribution in [0.4, 0.5) is 10.1 Å². The van der Waals surface area contributed by atoms with E-state index in [4.69, 9.17) is 10.00 Å². The van der Waals surface area contributed by atoms with E-state index in [2.05, 4.69) is 5.32 Å². The molecule has 4 heteroatoms. The fourth-order valence-corrected chi connectivity index (χ4v) is 1.22. The Hall–Kier alpha value is -1.60. The van der Waals surface area contributed by atoms with Gasteiger partial charge in [-0.3, -0.25) is 0 Å². The Morgan fingerprint density at radius 1 is 1.53 bits per heavy atom. The highest BCUT2D eigenvalue weighted by atomic mass is 19.1. The minimum atomic E-state index is -0.491. The van der Waals surface area contributed by atoms with Crippen LogP contribution in [-0.2, 0) is 4.74 Å². The molecular weight excluding hydrogens is 195 g/mol. The van der Waals surface area contributed by atoms with Crippen LogP contribution in [0.3, 0.4) is 0 Å². The molecule has 0 aliphatic carbocycles. The van der Waals surface area contributed by atoms with Crippen molar-refractivity contribution in [3.8, 4) is 6.07 Å². The highest BCUT2D eigenvalue weighted by molar-refractivity contribution is 5.57. The second-order valence-electron chi connectivity index (χ2n) is 3.05. The molecular formula is C11H13FN2O. The van der Waals surface area contributed by atoms with Crippen molar-refractivity contribution in [1.82, 2.24) is 0 Å². The smallest absolute Gasteiger partial charge is 0.143 e. The quantitative estimate of drug-likeness (QED) is 0.754. The third kappa shape index (κ3) is 3.22. The molecule has 1 aromatic rings. The van der Waals surface area contributed by atoms with E-state index >= 15 is 0 Å². The van der Waals surface area contributed by atoms with Gasteiger partial charge in [-0.25, -0.2) is 4.39 Å². The van der Waals surface area contributed by atoms with Crippen molar-refractivity contribution in [1.29, 1.82) is 5.26 Å². The summed E-state index contributed by atoms with van der Waals surface area (Å²) < 4.78 is 18.0. The van der Waals surface area contributed by atoms with Gasteiger partial charge in [-0.05, 0) is 18.6 Å². The lowest BCUT2D eigenvalue weighted by molar-refractivity contribution is 0.198. The molecule has 0 spiro atoms. The number of methoxy groups -OCH3 is 1. The van der Waals surface area contributed by atoms with Gasteiger partial charge in [-0.1, -0.05) is 6.07 Å². The van der Waals surface area contributed by atoms with E-state index in [9.17, 15) is 4.39 Å². The van der Waals surface area contributed by atoms with Crippen LogP contribution < -0.4 is 5.32 Å². The normalized spacial score (nSPS) is 9.67. The molecule has 0 bridgehead atoms. The summed E-state index contributed by atoms with van der Waals surface area (Å²) in [7, 11) is 1.63. The second-order valence-corrected chi connectivity index (χ2v) is 3.05. The lowest BCUT2D eigenvalue weighted by Gasteiger charge is -2.07. The van der Waals surface area contributed by atoms with Gasteiger partial charge in [0.15, 0.2) is 0 Å². The molecule has 1 rings (SSSR count). The molecule has 1 N–H and O–H groups in total. The van der Waals surface area contributed by atoms with Gasteiger partial charge < -0.3 is 10.1 Å². The molecule has 0 amide bonds. The van der Waals surface area contributed by atoms with Crippen molar-refractivity contribution in [2.24, 2.45) is 0 Å². The number of hydrogen-bond acceptors (Lipinski definition) is 3. The molecule has 0 aromatic heterocycles. The third-order valence-electron chi connectivity index (χ3n) is 1.97. The molecule has 15 heavy (non-hydrogen) atoms. The van der Waals surface area contributed by atoms with Gasteiger partial charge in [0, 0.05) is 20.3 Å². The fourth-order valence-electron chi connectivity index (χ4n) is 1.22. The number of anilines is 1. The van der Waals surface area contributed by atoms with E-state index in [0.29, 0.717) is 18.8 Å². The SMILES string of the molecule is COCCCNc1cccc(F)c1C#N. The van der Waals surface area contributed by atoms with Crippen LogP contribution in [0.25, 0.3) is 0 Å². The molecule has 0 unspecified atom stereocenters. The zero-order valence-electron chi connectivity index (χ0n) is 8.59. The van der Waals surface area contributed by atoms with E-state index in [1.807, 2.05) is 6.07 Å². The largest absolute Gasteiger partial charge is 0.385 e. The molecule has 3 nitrogen and oxygen atoms in total. The van der Waals surface area contributed by atoms with Gasteiger partial charge in [-0.15, -0.1) is 0 Å². The predicted octanol–water partition coefficient (Wildman–Crippen LogP) is 2.15. The van der Waals surface area contributed by atoms with Crippen LogP contribution in [0.2, 0.25) is 0 Å². The van der Waals surface area contributed by atoms with Gasteiger partial charge >= 0.3 is 0 Å². The highest BCUT2D eigenvalue weighted by Crippen LogP contribution is 2.17. The van der Waals surface area contributed by atoms with Gasteiger partial charge in [-0.2, -0.15) is 5.26 Å². The van der Waals surface area contributed by atoms with Crippen molar-refractivity contribution in [2.45, 2.75) is 6.42 Å². The summed E-state index contributed by atoms with van der Waals surface area (Å²) in [5.74, 6) is -0.491.